The van der Waals surface area contributed by atoms with E-state index in [1.807, 2.05) is 59.8 Å². The lowest BCUT2D eigenvalue weighted by molar-refractivity contribution is -0.139. The van der Waals surface area contributed by atoms with Crippen molar-refractivity contribution in [1.29, 1.82) is 0 Å². The Kier molecular flexibility index (Phi) is 9.21. The van der Waals surface area contributed by atoms with E-state index in [2.05, 4.69) is 0 Å². The van der Waals surface area contributed by atoms with Crippen LogP contribution in [-0.4, -0.2) is 29.7 Å². The van der Waals surface area contributed by atoms with Crippen molar-refractivity contribution in [1.82, 2.24) is 4.57 Å². The fourth-order valence-corrected chi connectivity index (χ4v) is 6.47. The molecule has 220 valence electrons. The SMILES string of the molecule is CCOC(=O)C1=C(c2ccccc2)N=c2s/c(=C\c3cc(I)c(OC(C)=O)c(OCC)c3)c(=O)n2[C@H]1c1ccc(F)cc1. The van der Waals surface area contributed by atoms with Crippen LogP contribution in [0.25, 0.3) is 11.8 Å². The van der Waals surface area contributed by atoms with Gasteiger partial charge in [-0.15, -0.1) is 0 Å². The molecule has 2 heterocycles. The van der Waals surface area contributed by atoms with E-state index in [1.54, 1.807) is 37.3 Å². The third-order valence-corrected chi connectivity index (χ3v) is 8.22. The van der Waals surface area contributed by atoms with Gasteiger partial charge < -0.3 is 14.2 Å². The average molecular weight is 713 g/mol. The summed E-state index contributed by atoms with van der Waals surface area (Å²) >= 11 is 3.21. The first-order chi connectivity index (χ1) is 20.7. The molecule has 0 spiro atoms. The number of esters is 2. The van der Waals surface area contributed by atoms with Gasteiger partial charge in [-0.3, -0.25) is 14.2 Å². The Morgan fingerprint density at radius 3 is 2.44 bits per heavy atom. The van der Waals surface area contributed by atoms with Crippen molar-refractivity contribution < 1.29 is 28.2 Å². The summed E-state index contributed by atoms with van der Waals surface area (Å²) in [6, 6.07) is 17.4. The number of benzene rings is 3. The number of aromatic nitrogens is 1. The van der Waals surface area contributed by atoms with E-state index in [1.165, 1.54) is 23.6 Å². The van der Waals surface area contributed by atoms with Gasteiger partial charge in [-0.1, -0.05) is 53.8 Å². The van der Waals surface area contributed by atoms with Crippen LogP contribution in [-0.2, 0) is 14.3 Å². The van der Waals surface area contributed by atoms with Gasteiger partial charge in [-0.25, -0.2) is 14.2 Å². The molecule has 4 aromatic rings. The van der Waals surface area contributed by atoms with Crippen molar-refractivity contribution in [3.8, 4) is 11.5 Å². The topological polar surface area (TPSA) is 96.2 Å². The Labute approximate surface area is 263 Å². The molecule has 0 radical (unpaired) electrons. The minimum atomic E-state index is -0.918. The summed E-state index contributed by atoms with van der Waals surface area (Å²) in [5, 5.41) is 0. The molecule has 0 fully saturated rings. The smallest absolute Gasteiger partial charge is 0.338 e. The van der Waals surface area contributed by atoms with Gasteiger partial charge in [0.2, 0.25) is 0 Å². The van der Waals surface area contributed by atoms with Gasteiger partial charge in [0.25, 0.3) is 5.56 Å². The second-order valence-corrected chi connectivity index (χ2v) is 11.5. The maximum absolute atomic E-state index is 14.1. The number of ether oxygens (including phenoxy) is 3. The van der Waals surface area contributed by atoms with Gasteiger partial charge in [0.1, 0.15) is 5.82 Å². The van der Waals surface area contributed by atoms with Gasteiger partial charge >= 0.3 is 11.9 Å². The number of carbonyl (C=O) groups excluding carboxylic acids is 2. The molecule has 1 aliphatic heterocycles. The summed E-state index contributed by atoms with van der Waals surface area (Å²) in [6.45, 7) is 5.29. The quantitative estimate of drug-likeness (QED) is 0.145. The third kappa shape index (κ3) is 6.32. The van der Waals surface area contributed by atoms with Crippen LogP contribution < -0.4 is 24.4 Å². The maximum atomic E-state index is 14.1. The molecule has 1 aromatic heterocycles. The molecule has 0 saturated carbocycles. The number of carbonyl (C=O) groups is 2. The van der Waals surface area contributed by atoms with Crippen LogP contribution in [0.5, 0.6) is 11.5 Å². The van der Waals surface area contributed by atoms with Crippen molar-refractivity contribution in [2.75, 3.05) is 13.2 Å². The highest BCUT2D eigenvalue weighted by Gasteiger charge is 2.35. The maximum Gasteiger partial charge on any atom is 0.338 e. The van der Waals surface area contributed by atoms with Crippen LogP contribution in [0.4, 0.5) is 4.39 Å². The van der Waals surface area contributed by atoms with E-state index in [0.717, 1.165) is 11.3 Å². The van der Waals surface area contributed by atoms with Gasteiger partial charge in [-0.2, -0.15) is 0 Å². The summed E-state index contributed by atoms with van der Waals surface area (Å²) in [6.07, 6.45) is 1.70. The van der Waals surface area contributed by atoms with Crippen LogP contribution in [0, 0.1) is 9.39 Å². The minimum Gasteiger partial charge on any atom is -0.490 e. The second-order valence-electron chi connectivity index (χ2n) is 9.34. The molecule has 8 nitrogen and oxygen atoms in total. The number of hydrogen-bond acceptors (Lipinski definition) is 8. The number of rotatable bonds is 8. The van der Waals surface area contributed by atoms with Crippen molar-refractivity contribution >= 4 is 57.6 Å². The molecule has 0 saturated heterocycles. The predicted octanol–water partition coefficient (Wildman–Crippen LogP) is 5.00. The van der Waals surface area contributed by atoms with Gasteiger partial charge in [0, 0.05) is 12.5 Å². The second kappa shape index (κ2) is 13.0. The first-order valence-corrected chi connectivity index (χ1v) is 15.3. The molecule has 43 heavy (non-hydrogen) atoms. The monoisotopic (exact) mass is 712 g/mol. The Hall–Kier alpha value is -4.10. The lowest BCUT2D eigenvalue weighted by atomic mass is 9.93. The molecule has 1 atom stereocenters. The summed E-state index contributed by atoms with van der Waals surface area (Å²) in [5.74, 6) is -0.878. The van der Waals surface area contributed by atoms with Gasteiger partial charge in [0.05, 0.1) is 38.6 Å². The van der Waals surface area contributed by atoms with Crippen LogP contribution >= 0.6 is 33.9 Å². The number of nitrogens with zero attached hydrogens (tertiary/aromatic N) is 2. The van der Waals surface area contributed by atoms with E-state index < -0.39 is 23.8 Å². The minimum absolute atomic E-state index is 0.120. The van der Waals surface area contributed by atoms with Gasteiger partial charge in [0.15, 0.2) is 16.3 Å². The largest absolute Gasteiger partial charge is 0.490 e. The van der Waals surface area contributed by atoms with Crippen LogP contribution in [0.2, 0.25) is 0 Å². The highest BCUT2D eigenvalue weighted by atomic mass is 127. The standard InChI is InChI=1S/C32H26FIN2O6S/c1-4-40-24-16-19(15-23(34)29(24)42-18(3)37)17-25-30(38)36-28(21-11-13-22(33)14-12-21)26(31(39)41-5-2)27(35-32(36)43-25)20-9-7-6-8-10-20/h6-17,28H,4-5H2,1-3H3/b25-17-/t28-/m0/s1. The van der Waals surface area contributed by atoms with E-state index >= 15 is 0 Å². The van der Waals surface area contributed by atoms with E-state index in [-0.39, 0.29) is 17.7 Å². The van der Waals surface area contributed by atoms with Crippen LogP contribution in [0.1, 0.15) is 43.5 Å². The van der Waals surface area contributed by atoms with Crippen molar-refractivity contribution in [3.05, 3.63) is 118 Å². The normalized spacial score (nSPS) is 14.6. The number of halogens is 2. The lowest BCUT2D eigenvalue weighted by Crippen LogP contribution is -2.40. The molecule has 5 rings (SSSR count). The first-order valence-electron chi connectivity index (χ1n) is 13.4. The summed E-state index contributed by atoms with van der Waals surface area (Å²) in [7, 11) is 0. The highest BCUT2D eigenvalue weighted by Crippen LogP contribution is 2.36. The van der Waals surface area contributed by atoms with E-state index in [4.69, 9.17) is 19.2 Å². The zero-order chi connectivity index (χ0) is 30.7. The van der Waals surface area contributed by atoms with E-state index in [0.29, 0.717) is 53.4 Å². The zero-order valence-corrected chi connectivity index (χ0v) is 26.4. The third-order valence-electron chi connectivity index (χ3n) is 6.43. The molecule has 0 unspecified atom stereocenters. The lowest BCUT2D eigenvalue weighted by Gasteiger charge is -2.25. The van der Waals surface area contributed by atoms with Crippen molar-refractivity contribution in [3.63, 3.8) is 0 Å². The predicted molar refractivity (Wildman–Crippen MR) is 169 cm³/mol. The average Bonchev–Trinajstić information content (AvgIpc) is 3.29. The van der Waals surface area contributed by atoms with E-state index in [9.17, 15) is 18.8 Å². The summed E-state index contributed by atoms with van der Waals surface area (Å²) < 4.78 is 32.9. The molecule has 11 heteroatoms. The van der Waals surface area contributed by atoms with Crippen molar-refractivity contribution in [2.45, 2.75) is 26.8 Å². The Bertz CT molecular complexity index is 1920. The van der Waals surface area contributed by atoms with Crippen molar-refractivity contribution in [2.24, 2.45) is 4.99 Å². The first kappa shape index (κ1) is 30.4. The molecule has 0 bridgehead atoms. The number of hydrogen-bond donors (Lipinski definition) is 0. The Morgan fingerprint density at radius 2 is 1.79 bits per heavy atom. The van der Waals surface area contributed by atoms with Gasteiger partial charge in [-0.05, 0) is 77.9 Å². The van der Waals surface area contributed by atoms with Crippen LogP contribution in [0.15, 0.2) is 82.1 Å². The number of thiazole rings is 1. The fraction of sp³-hybridized carbons (Fsp3) is 0.188. The van der Waals surface area contributed by atoms with Crippen LogP contribution in [0.3, 0.4) is 0 Å². The molecule has 3 aromatic carbocycles. The summed E-state index contributed by atoms with van der Waals surface area (Å²) in [5.41, 5.74) is 2.01. The molecular weight excluding hydrogens is 686 g/mol. The molecule has 0 N–H and O–H groups in total. The molecule has 0 amide bonds. The zero-order valence-electron chi connectivity index (χ0n) is 23.4. The highest BCUT2D eigenvalue weighted by molar-refractivity contribution is 14.1. The molecule has 1 aliphatic rings. The molecule has 0 aliphatic carbocycles. The number of fused-ring (bicyclic) bond motifs is 1. The molecular formula is C32H26FIN2O6S. The fourth-order valence-electron chi connectivity index (χ4n) is 4.73. The summed E-state index contributed by atoms with van der Waals surface area (Å²) in [4.78, 5) is 44.4. The Balaban J connectivity index is 1.77. The Morgan fingerprint density at radius 1 is 1.07 bits per heavy atom.